The first-order chi connectivity index (χ1) is 9.51. The Hall–Kier alpha value is -2.59. The predicted molar refractivity (Wildman–Crippen MR) is 75.2 cm³/mol. The molecule has 2 aromatic rings. The van der Waals surface area contributed by atoms with Crippen LogP contribution in [0.5, 0.6) is 0 Å². The monoisotopic (exact) mass is 288 g/mol. The van der Waals surface area contributed by atoms with Crippen LogP contribution in [-0.4, -0.2) is 13.4 Å². The molecular formula is C13H12N4O2S. The Morgan fingerprint density at radius 2 is 1.90 bits per heavy atom. The van der Waals surface area contributed by atoms with Gasteiger partial charge in [0.15, 0.2) is 0 Å². The van der Waals surface area contributed by atoms with Gasteiger partial charge in [0.2, 0.25) is 0 Å². The number of aromatic nitrogens is 1. The third-order valence-corrected chi connectivity index (χ3v) is 3.95. The molecule has 0 saturated carbocycles. The third kappa shape index (κ3) is 3.24. The smallest absolute Gasteiger partial charge is 0.261 e. The van der Waals surface area contributed by atoms with Crippen molar-refractivity contribution in [2.45, 2.75) is 11.3 Å². The van der Waals surface area contributed by atoms with Gasteiger partial charge in [0, 0.05) is 0 Å². The number of pyridine rings is 1. The second-order valence-electron chi connectivity index (χ2n) is 4.06. The van der Waals surface area contributed by atoms with Gasteiger partial charge >= 0.3 is 0 Å². The Morgan fingerprint density at radius 3 is 2.45 bits per heavy atom. The van der Waals surface area contributed by atoms with Crippen LogP contribution in [-0.2, 0) is 16.4 Å². The van der Waals surface area contributed by atoms with E-state index in [1.54, 1.807) is 12.1 Å². The highest BCUT2D eigenvalue weighted by atomic mass is 32.2. The van der Waals surface area contributed by atoms with E-state index in [4.69, 9.17) is 11.0 Å². The molecule has 0 aliphatic rings. The normalized spacial score (nSPS) is 10.8. The minimum absolute atomic E-state index is 0.121. The van der Waals surface area contributed by atoms with Crippen molar-refractivity contribution >= 4 is 21.5 Å². The third-order valence-electron chi connectivity index (χ3n) is 2.56. The first-order valence-corrected chi connectivity index (χ1v) is 7.20. The molecule has 3 N–H and O–H groups in total. The van der Waals surface area contributed by atoms with Crippen LogP contribution in [0.3, 0.4) is 0 Å². The molecular weight excluding hydrogens is 276 g/mol. The Labute approximate surface area is 116 Å². The molecule has 2 rings (SSSR count). The highest BCUT2D eigenvalue weighted by Gasteiger charge is 2.14. The zero-order valence-electron chi connectivity index (χ0n) is 10.4. The summed E-state index contributed by atoms with van der Waals surface area (Å²) in [5.41, 5.74) is 6.53. The molecule has 0 aliphatic heterocycles. The minimum Gasteiger partial charge on any atom is -0.384 e. The Morgan fingerprint density at radius 1 is 1.20 bits per heavy atom. The van der Waals surface area contributed by atoms with E-state index in [-0.39, 0.29) is 11.3 Å². The fourth-order valence-electron chi connectivity index (χ4n) is 1.56. The molecule has 1 heterocycles. The summed E-state index contributed by atoms with van der Waals surface area (Å²) in [7, 11) is -3.67. The lowest BCUT2D eigenvalue weighted by molar-refractivity contribution is 0.601. The number of nitrogens with two attached hydrogens (primary N) is 1. The molecule has 0 unspecified atom stereocenters. The van der Waals surface area contributed by atoms with E-state index in [0.29, 0.717) is 11.5 Å². The van der Waals surface area contributed by atoms with Crippen molar-refractivity contribution in [3.05, 3.63) is 48.2 Å². The molecule has 1 aromatic heterocycles. The fourth-order valence-corrected chi connectivity index (χ4v) is 2.60. The second-order valence-corrected chi connectivity index (χ2v) is 5.74. The number of nitriles is 1. The molecule has 0 amide bonds. The highest BCUT2D eigenvalue weighted by Crippen LogP contribution is 2.16. The molecule has 7 heteroatoms. The van der Waals surface area contributed by atoms with Crippen LogP contribution in [0.2, 0.25) is 0 Å². The molecule has 6 nitrogen and oxygen atoms in total. The first kappa shape index (κ1) is 13.8. The van der Waals surface area contributed by atoms with E-state index in [1.165, 1.54) is 30.5 Å². The summed E-state index contributed by atoms with van der Waals surface area (Å²) >= 11 is 0. The molecule has 0 radical (unpaired) electrons. The fraction of sp³-hybridized carbons (Fsp3) is 0.0769. The van der Waals surface area contributed by atoms with E-state index in [9.17, 15) is 8.42 Å². The van der Waals surface area contributed by atoms with Crippen LogP contribution in [0.25, 0.3) is 0 Å². The summed E-state index contributed by atoms with van der Waals surface area (Å²) < 4.78 is 26.6. The first-order valence-electron chi connectivity index (χ1n) is 5.71. The zero-order chi connectivity index (χ0) is 14.6. The molecule has 0 bridgehead atoms. The van der Waals surface area contributed by atoms with Gasteiger partial charge in [-0.15, -0.1) is 0 Å². The summed E-state index contributed by atoms with van der Waals surface area (Å²) in [4.78, 5) is 3.93. The number of hydrogen-bond donors (Lipinski definition) is 2. The minimum atomic E-state index is -3.67. The van der Waals surface area contributed by atoms with Gasteiger partial charge in [0.1, 0.15) is 5.82 Å². The standard InChI is InChI=1S/C13H12N4O2S/c14-8-7-10-1-4-12(5-2-10)20(18,19)17-11-3-6-13(15)16-9-11/h1-6,9,17H,7H2,(H2,15,16). The molecule has 0 fully saturated rings. The van der Waals surface area contributed by atoms with Gasteiger partial charge in [-0.3, -0.25) is 4.72 Å². The zero-order valence-corrected chi connectivity index (χ0v) is 11.3. The van der Waals surface area contributed by atoms with E-state index in [2.05, 4.69) is 9.71 Å². The number of sulfonamides is 1. The van der Waals surface area contributed by atoms with E-state index < -0.39 is 10.0 Å². The van der Waals surface area contributed by atoms with Gasteiger partial charge in [0.25, 0.3) is 10.0 Å². The number of nitrogen functional groups attached to an aromatic ring is 1. The highest BCUT2D eigenvalue weighted by molar-refractivity contribution is 7.92. The quantitative estimate of drug-likeness (QED) is 0.886. The second kappa shape index (κ2) is 5.59. The Kier molecular flexibility index (Phi) is 3.86. The van der Waals surface area contributed by atoms with Gasteiger partial charge in [-0.25, -0.2) is 13.4 Å². The van der Waals surface area contributed by atoms with Gasteiger partial charge in [-0.1, -0.05) is 12.1 Å². The molecule has 0 atom stereocenters. The van der Waals surface area contributed by atoms with Gasteiger partial charge in [-0.2, -0.15) is 5.26 Å². The summed E-state index contributed by atoms with van der Waals surface area (Å²) in [6.45, 7) is 0. The van der Waals surface area contributed by atoms with Crippen LogP contribution in [0.4, 0.5) is 11.5 Å². The van der Waals surface area contributed by atoms with Crippen molar-refractivity contribution < 1.29 is 8.42 Å². The number of nitrogens with zero attached hydrogens (tertiary/aromatic N) is 2. The van der Waals surface area contributed by atoms with Crippen LogP contribution >= 0.6 is 0 Å². The molecule has 0 spiro atoms. The number of rotatable bonds is 4. The lowest BCUT2D eigenvalue weighted by atomic mass is 10.2. The summed E-state index contributed by atoms with van der Waals surface area (Å²) in [6.07, 6.45) is 1.59. The van der Waals surface area contributed by atoms with Crippen molar-refractivity contribution in [1.29, 1.82) is 5.26 Å². The average Bonchev–Trinajstić information content (AvgIpc) is 2.42. The lowest BCUT2D eigenvalue weighted by Crippen LogP contribution is -2.13. The predicted octanol–water partition coefficient (Wildman–Crippen LogP) is 1.53. The number of hydrogen-bond acceptors (Lipinski definition) is 5. The van der Waals surface area contributed by atoms with Crippen molar-refractivity contribution in [3.63, 3.8) is 0 Å². The van der Waals surface area contributed by atoms with Gasteiger partial charge in [-0.05, 0) is 29.8 Å². The van der Waals surface area contributed by atoms with Crippen LogP contribution in [0, 0.1) is 11.3 Å². The summed E-state index contributed by atoms with van der Waals surface area (Å²) in [6, 6.07) is 11.2. The van der Waals surface area contributed by atoms with Crippen molar-refractivity contribution in [2.24, 2.45) is 0 Å². The Bertz CT molecular complexity index is 731. The largest absolute Gasteiger partial charge is 0.384 e. The topological polar surface area (TPSA) is 109 Å². The maximum Gasteiger partial charge on any atom is 0.261 e. The number of benzene rings is 1. The van der Waals surface area contributed by atoms with Crippen LogP contribution in [0.15, 0.2) is 47.5 Å². The maximum atomic E-state index is 12.1. The van der Waals surface area contributed by atoms with E-state index in [1.807, 2.05) is 6.07 Å². The van der Waals surface area contributed by atoms with Gasteiger partial charge in [0.05, 0.1) is 29.3 Å². The van der Waals surface area contributed by atoms with Crippen molar-refractivity contribution in [3.8, 4) is 6.07 Å². The van der Waals surface area contributed by atoms with E-state index >= 15 is 0 Å². The lowest BCUT2D eigenvalue weighted by Gasteiger charge is -2.08. The molecule has 1 aromatic carbocycles. The van der Waals surface area contributed by atoms with Crippen molar-refractivity contribution in [2.75, 3.05) is 10.5 Å². The number of anilines is 2. The average molecular weight is 288 g/mol. The molecule has 0 aliphatic carbocycles. The maximum absolute atomic E-state index is 12.1. The molecule has 20 heavy (non-hydrogen) atoms. The summed E-state index contributed by atoms with van der Waals surface area (Å²) in [5, 5.41) is 8.57. The van der Waals surface area contributed by atoms with E-state index in [0.717, 1.165) is 5.56 Å². The SMILES string of the molecule is N#CCc1ccc(S(=O)(=O)Nc2ccc(N)nc2)cc1. The molecule has 0 saturated heterocycles. The number of nitrogens with one attached hydrogen (secondary N) is 1. The van der Waals surface area contributed by atoms with Gasteiger partial charge < -0.3 is 5.73 Å². The Balaban J connectivity index is 2.22. The van der Waals surface area contributed by atoms with Crippen LogP contribution in [0.1, 0.15) is 5.56 Å². The van der Waals surface area contributed by atoms with Crippen molar-refractivity contribution in [1.82, 2.24) is 4.98 Å². The molecule has 102 valence electrons. The summed E-state index contributed by atoms with van der Waals surface area (Å²) in [5.74, 6) is 0.314. The van der Waals surface area contributed by atoms with Crippen LogP contribution < -0.4 is 10.5 Å².